The minimum absolute atomic E-state index is 0.312. The number of nitrogens with zero attached hydrogens (tertiary/aromatic N) is 2. The molecule has 1 amide bonds. The number of aromatic nitrogens is 2. The Morgan fingerprint density at radius 3 is 2.54 bits per heavy atom. The van der Waals surface area contributed by atoms with Gasteiger partial charge >= 0.3 is 5.97 Å². The van der Waals surface area contributed by atoms with Gasteiger partial charge in [-0.3, -0.25) is 9.78 Å². The van der Waals surface area contributed by atoms with E-state index in [0.29, 0.717) is 22.7 Å². The molecule has 0 saturated carbocycles. The normalized spacial score (nSPS) is 12.0. The molecule has 1 unspecified atom stereocenters. The quantitative estimate of drug-likeness (QED) is 0.686. The summed E-state index contributed by atoms with van der Waals surface area (Å²) < 4.78 is 4.71. The van der Waals surface area contributed by atoms with E-state index in [4.69, 9.17) is 9.72 Å². The highest BCUT2D eigenvalue weighted by molar-refractivity contribution is 6.08. The molecule has 1 aromatic carbocycles. The van der Waals surface area contributed by atoms with Crippen molar-refractivity contribution < 1.29 is 14.3 Å². The number of pyridine rings is 2. The van der Waals surface area contributed by atoms with Crippen LogP contribution < -0.4 is 5.32 Å². The number of fused-ring (bicyclic) bond motifs is 1. The number of carbonyl (C=O) groups excluding carboxylic acids is 2. The molecule has 1 atom stereocenters. The molecule has 2 heterocycles. The number of hydrogen-bond acceptors (Lipinski definition) is 5. The van der Waals surface area contributed by atoms with Crippen molar-refractivity contribution >= 4 is 22.8 Å². The second-order valence-corrected chi connectivity index (χ2v) is 6.95. The summed E-state index contributed by atoms with van der Waals surface area (Å²) >= 11 is 0. The van der Waals surface area contributed by atoms with E-state index in [2.05, 4.69) is 24.1 Å². The maximum absolute atomic E-state index is 13.0. The van der Waals surface area contributed by atoms with Gasteiger partial charge in [0, 0.05) is 23.3 Å². The number of methoxy groups -OCH3 is 1. The van der Waals surface area contributed by atoms with E-state index in [1.807, 2.05) is 30.3 Å². The Morgan fingerprint density at radius 1 is 1.11 bits per heavy atom. The number of esters is 1. The van der Waals surface area contributed by atoms with Crippen LogP contribution in [0.5, 0.6) is 0 Å². The SMILES string of the molecule is COC(=O)C(C)NC(=O)c1cc(-c2cccnc2)nc2ccc(C(C)C)cc12. The van der Waals surface area contributed by atoms with Crippen LogP contribution in [0.25, 0.3) is 22.2 Å². The van der Waals surface area contributed by atoms with Crippen LogP contribution in [-0.4, -0.2) is 35.0 Å². The van der Waals surface area contributed by atoms with Gasteiger partial charge in [-0.25, -0.2) is 9.78 Å². The molecule has 1 N–H and O–H groups in total. The van der Waals surface area contributed by atoms with E-state index in [0.717, 1.165) is 16.5 Å². The van der Waals surface area contributed by atoms with Crippen molar-refractivity contribution in [2.45, 2.75) is 32.7 Å². The Balaban J connectivity index is 2.14. The number of rotatable bonds is 5. The van der Waals surface area contributed by atoms with Crippen molar-refractivity contribution in [3.63, 3.8) is 0 Å². The fraction of sp³-hybridized carbons (Fsp3) is 0.273. The predicted molar refractivity (Wildman–Crippen MR) is 108 cm³/mol. The summed E-state index contributed by atoms with van der Waals surface area (Å²) in [6.45, 7) is 5.78. The van der Waals surface area contributed by atoms with Crippen LogP contribution >= 0.6 is 0 Å². The summed E-state index contributed by atoms with van der Waals surface area (Å²) in [5.74, 6) is -0.536. The first kappa shape index (κ1) is 19.5. The van der Waals surface area contributed by atoms with Crippen LogP contribution in [0, 0.1) is 0 Å². The summed E-state index contributed by atoms with van der Waals surface area (Å²) in [7, 11) is 1.29. The maximum Gasteiger partial charge on any atom is 0.328 e. The summed E-state index contributed by atoms with van der Waals surface area (Å²) in [6.07, 6.45) is 3.39. The fourth-order valence-electron chi connectivity index (χ4n) is 2.96. The average molecular weight is 377 g/mol. The molecule has 0 aliphatic carbocycles. The van der Waals surface area contributed by atoms with Crippen molar-refractivity contribution in [3.05, 3.63) is 59.9 Å². The minimum Gasteiger partial charge on any atom is -0.467 e. The first-order valence-corrected chi connectivity index (χ1v) is 9.14. The zero-order valence-corrected chi connectivity index (χ0v) is 16.4. The Morgan fingerprint density at radius 2 is 1.89 bits per heavy atom. The van der Waals surface area contributed by atoms with Crippen LogP contribution in [0.15, 0.2) is 48.8 Å². The van der Waals surface area contributed by atoms with Crippen LogP contribution in [0.1, 0.15) is 42.6 Å². The third-order valence-electron chi connectivity index (χ3n) is 4.60. The minimum atomic E-state index is -0.754. The molecular weight excluding hydrogens is 354 g/mol. The lowest BCUT2D eigenvalue weighted by atomic mass is 9.97. The average Bonchev–Trinajstić information content (AvgIpc) is 2.72. The lowest BCUT2D eigenvalue weighted by Crippen LogP contribution is -2.39. The number of carbonyl (C=O) groups is 2. The highest BCUT2D eigenvalue weighted by atomic mass is 16.5. The largest absolute Gasteiger partial charge is 0.467 e. The summed E-state index contributed by atoms with van der Waals surface area (Å²) in [5, 5.41) is 3.45. The molecule has 3 aromatic rings. The third kappa shape index (κ3) is 4.01. The molecule has 28 heavy (non-hydrogen) atoms. The Kier molecular flexibility index (Phi) is 5.68. The number of nitrogens with one attached hydrogen (secondary N) is 1. The molecule has 0 fully saturated rings. The van der Waals surface area contributed by atoms with Crippen molar-refractivity contribution in [1.82, 2.24) is 15.3 Å². The molecule has 0 spiro atoms. The van der Waals surface area contributed by atoms with E-state index in [-0.39, 0.29) is 5.91 Å². The van der Waals surface area contributed by atoms with Gasteiger partial charge in [0.2, 0.25) is 0 Å². The van der Waals surface area contributed by atoms with E-state index in [1.54, 1.807) is 25.4 Å². The predicted octanol–water partition coefficient (Wildman–Crippen LogP) is 3.71. The number of ether oxygens (including phenoxy) is 1. The van der Waals surface area contributed by atoms with Crippen molar-refractivity contribution in [2.24, 2.45) is 0 Å². The molecule has 0 bridgehead atoms. The summed E-state index contributed by atoms with van der Waals surface area (Å²) in [5.41, 5.74) is 3.74. The monoisotopic (exact) mass is 377 g/mol. The molecule has 2 aromatic heterocycles. The van der Waals surface area contributed by atoms with Gasteiger partial charge < -0.3 is 10.1 Å². The molecule has 3 rings (SSSR count). The standard InChI is InChI=1S/C22H23N3O3/c1-13(2)15-7-8-19-17(10-15)18(21(26)24-14(3)22(27)28-4)11-20(25-19)16-6-5-9-23-12-16/h5-14H,1-4H3,(H,24,26). The Hall–Kier alpha value is -3.28. The van der Waals surface area contributed by atoms with Gasteiger partial charge in [-0.1, -0.05) is 19.9 Å². The second-order valence-electron chi connectivity index (χ2n) is 6.95. The van der Waals surface area contributed by atoms with E-state index < -0.39 is 12.0 Å². The van der Waals surface area contributed by atoms with Crippen LogP contribution in [0.3, 0.4) is 0 Å². The number of amides is 1. The first-order valence-electron chi connectivity index (χ1n) is 9.14. The Bertz CT molecular complexity index is 1020. The fourth-order valence-corrected chi connectivity index (χ4v) is 2.96. The van der Waals surface area contributed by atoms with E-state index in [9.17, 15) is 9.59 Å². The lowest BCUT2D eigenvalue weighted by Gasteiger charge is -2.15. The molecular formula is C22H23N3O3. The van der Waals surface area contributed by atoms with Crippen LogP contribution in [0.4, 0.5) is 0 Å². The van der Waals surface area contributed by atoms with Crippen molar-refractivity contribution in [1.29, 1.82) is 0 Å². The van der Waals surface area contributed by atoms with Crippen LogP contribution in [0.2, 0.25) is 0 Å². The van der Waals surface area contributed by atoms with Gasteiger partial charge in [-0.2, -0.15) is 0 Å². The molecule has 6 heteroatoms. The maximum atomic E-state index is 13.0. The van der Waals surface area contributed by atoms with E-state index >= 15 is 0 Å². The Labute approximate surface area is 164 Å². The zero-order chi connectivity index (χ0) is 20.3. The van der Waals surface area contributed by atoms with Gasteiger partial charge in [-0.15, -0.1) is 0 Å². The summed E-state index contributed by atoms with van der Waals surface area (Å²) in [6, 6.07) is 10.6. The topological polar surface area (TPSA) is 81.2 Å². The second kappa shape index (κ2) is 8.17. The molecule has 0 aliphatic rings. The number of hydrogen-bond donors (Lipinski definition) is 1. The first-order chi connectivity index (χ1) is 13.4. The third-order valence-corrected chi connectivity index (χ3v) is 4.60. The van der Waals surface area contributed by atoms with Gasteiger partial charge in [0.1, 0.15) is 6.04 Å². The van der Waals surface area contributed by atoms with Gasteiger partial charge in [0.05, 0.1) is 23.9 Å². The van der Waals surface area contributed by atoms with Crippen molar-refractivity contribution in [2.75, 3.05) is 7.11 Å². The lowest BCUT2D eigenvalue weighted by molar-refractivity contribution is -0.142. The molecule has 6 nitrogen and oxygen atoms in total. The van der Waals surface area contributed by atoms with Crippen molar-refractivity contribution in [3.8, 4) is 11.3 Å². The van der Waals surface area contributed by atoms with E-state index in [1.165, 1.54) is 7.11 Å². The molecule has 0 saturated heterocycles. The highest BCUT2D eigenvalue weighted by Crippen LogP contribution is 2.27. The number of benzene rings is 1. The summed E-state index contributed by atoms with van der Waals surface area (Å²) in [4.78, 5) is 33.5. The van der Waals surface area contributed by atoms with Crippen LogP contribution in [-0.2, 0) is 9.53 Å². The zero-order valence-electron chi connectivity index (χ0n) is 16.4. The molecule has 0 radical (unpaired) electrons. The molecule has 0 aliphatic heterocycles. The van der Waals surface area contributed by atoms with Gasteiger partial charge in [-0.05, 0) is 48.7 Å². The smallest absolute Gasteiger partial charge is 0.328 e. The highest BCUT2D eigenvalue weighted by Gasteiger charge is 2.20. The molecule has 144 valence electrons. The van der Waals surface area contributed by atoms with Gasteiger partial charge in [0.15, 0.2) is 0 Å². The van der Waals surface area contributed by atoms with Gasteiger partial charge in [0.25, 0.3) is 5.91 Å².